The van der Waals surface area contributed by atoms with Crippen LogP contribution in [0.4, 0.5) is 4.79 Å². The summed E-state index contributed by atoms with van der Waals surface area (Å²) in [5, 5.41) is 15.8. The molecular weight excluding hydrogens is 276 g/mol. The third-order valence-corrected chi connectivity index (χ3v) is 3.44. The molecule has 3 unspecified atom stereocenters. The molecule has 8 nitrogen and oxygen atoms in total. The number of carboxylic acid groups (broad SMARTS) is 1. The predicted molar refractivity (Wildman–Crippen MR) is 73.7 cm³/mol. The molecule has 3 atom stereocenters. The number of carbonyl (C=O) groups excluding carboxylic acids is 1. The van der Waals surface area contributed by atoms with Crippen LogP contribution < -0.4 is 5.32 Å². The van der Waals surface area contributed by atoms with Gasteiger partial charge in [-0.15, -0.1) is 0 Å². The molecule has 21 heavy (non-hydrogen) atoms. The molecular formula is C13H20N4O4. The van der Waals surface area contributed by atoms with E-state index in [0.29, 0.717) is 18.7 Å². The Balaban J connectivity index is 2.09. The van der Waals surface area contributed by atoms with E-state index in [0.717, 1.165) is 0 Å². The summed E-state index contributed by atoms with van der Waals surface area (Å²) in [7, 11) is 1.69. The Bertz CT molecular complexity index is 530. The van der Waals surface area contributed by atoms with Crippen LogP contribution in [0.25, 0.3) is 0 Å². The van der Waals surface area contributed by atoms with Gasteiger partial charge < -0.3 is 20.1 Å². The first-order valence-electron chi connectivity index (χ1n) is 6.78. The van der Waals surface area contributed by atoms with E-state index >= 15 is 0 Å². The fourth-order valence-corrected chi connectivity index (χ4v) is 2.27. The second-order valence-corrected chi connectivity index (χ2v) is 5.31. The number of ether oxygens (including phenoxy) is 1. The molecule has 1 saturated heterocycles. The van der Waals surface area contributed by atoms with Crippen LogP contribution in [0.3, 0.4) is 0 Å². The SMILES string of the molecule is CC1CN(C(=O)NC(C(=O)O)c2cnn(C)c2)C(C)CO1. The van der Waals surface area contributed by atoms with Gasteiger partial charge in [-0.3, -0.25) is 4.68 Å². The first-order chi connectivity index (χ1) is 9.88. The molecule has 0 saturated carbocycles. The molecule has 1 aliphatic heterocycles. The fraction of sp³-hybridized carbons (Fsp3) is 0.615. The second-order valence-electron chi connectivity index (χ2n) is 5.31. The van der Waals surface area contributed by atoms with Gasteiger partial charge in [-0.1, -0.05) is 0 Å². The van der Waals surface area contributed by atoms with Crippen molar-refractivity contribution >= 4 is 12.0 Å². The number of rotatable bonds is 3. The monoisotopic (exact) mass is 296 g/mol. The number of nitrogens with one attached hydrogen (secondary N) is 1. The minimum absolute atomic E-state index is 0.0615. The minimum Gasteiger partial charge on any atom is -0.479 e. The normalized spacial score (nSPS) is 23.7. The van der Waals surface area contributed by atoms with Crippen LogP contribution >= 0.6 is 0 Å². The van der Waals surface area contributed by atoms with Crippen LogP contribution in [0.5, 0.6) is 0 Å². The first-order valence-corrected chi connectivity index (χ1v) is 6.78. The summed E-state index contributed by atoms with van der Waals surface area (Å²) in [4.78, 5) is 25.3. The number of hydrogen-bond donors (Lipinski definition) is 2. The number of amides is 2. The first kappa shape index (κ1) is 15.3. The smallest absolute Gasteiger partial charge is 0.331 e. The number of aromatic nitrogens is 2. The van der Waals surface area contributed by atoms with Crippen molar-refractivity contribution in [3.63, 3.8) is 0 Å². The molecule has 0 aliphatic carbocycles. The molecule has 0 radical (unpaired) electrons. The summed E-state index contributed by atoms with van der Waals surface area (Å²) >= 11 is 0. The summed E-state index contributed by atoms with van der Waals surface area (Å²) in [6.07, 6.45) is 2.95. The number of carbonyl (C=O) groups is 2. The van der Waals surface area contributed by atoms with Crippen molar-refractivity contribution in [2.45, 2.75) is 32.0 Å². The summed E-state index contributed by atoms with van der Waals surface area (Å²) < 4.78 is 6.96. The van der Waals surface area contributed by atoms with Crippen molar-refractivity contribution in [2.24, 2.45) is 7.05 Å². The van der Waals surface area contributed by atoms with Crippen molar-refractivity contribution in [1.29, 1.82) is 0 Å². The van der Waals surface area contributed by atoms with Gasteiger partial charge >= 0.3 is 12.0 Å². The van der Waals surface area contributed by atoms with Crippen LogP contribution in [-0.4, -0.2) is 57.1 Å². The topological polar surface area (TPSA) is 96.7 Å². The van der Waals surface area contributed by atoms with Crippen molar-refractivity contribution in [3.8, 4) is 0 Å². The predicted octanol–water partition coefficient (Wildman–Crippen LogP) is 0.365. The zero-order chi connectivity index (χ0) is 15.6. The Morgan fingerprint density at radius 1 is 1.52 bits per heavy atom. The van der Waals surface area contributed by atoms with Gasteiger partial charge in [0.1, 0.15) is 0 Å². The number of aliphatic carboxylic acids is 1. The molecule has 1 fully saturated rings. The van der Waals surface area contributed by atoms with E-state index in [2.05, 4.69) is 10.4 Å². The van der Waals surface area contributed by atoms with Crippen molar-refractivity contribution in [1.82, 2.24) is 20.0 Å². The molecule has 2 rings (SSSR count). The molecule has 1 aliphatic rings. The Hall–Kier alpha value is -2.09. The third kappa shape index (κ3) is 3.52. The number of urea groups is 1. The van der Waals surface area contributed by atoms with Gasteiger partial charge in [0.25, 0.3) is 0 Å². The molecule has 116 valence electrons. The highest BCUT2D eigenvalue weighted by Crippen LogP contribution is 2.16. The number of morpholine rings is 1. The van der Waals surface area contributed by atoms with Crippen LogP contribution in [-0.2, 0) is 16.6 Å². The Labute approximate surface area is 122 Å². The van der Waals surface area contributed by atoms with Crippen molar-refractivity contribution in [2.75, 3.05) is 13.2 Å². The maximum Gasteiger partial charge on any atom is 0.331 e. The lowest BCUT2D eigenvalue weighted by Crippen LogP contribution is -2.54. The Morgan fingerprint density at radius 3 is 2.81 bits per heavy atom. The average Bonchev–Trinajstić information content (AvgIpc) is 2.84. The molecule has 0 bridgehead atoms. The maximum atomic E-state index is 12.3. The third-order valence-electron chi connectivity index (χ3n) is 3.44. The van der Waals surface area contributed by atoms with Gasteiger partial charge in [0.05, 0.1) is 24.9 Å². The molecule has 2 N–H and O–H groups in total. The van der Waals surface area contributed by atoms with Crippen molar-refractivity contribution < 1.29 is 19.4 Å². The second kappa shape index (κ2) is 6.13. The number of carboxylic acids is 1. The highest BCUT2D eigenvalue weighted by molar-refractivity contribution is 5.83. The van der Waals surface area contributed by atoms with E-state index in [9.17, 15) is 14.7 Å². The van der Waals surface area contributed by atoms with Gasteiger partial charge in [0.2, 0.25) is 0 Å². The quantitative estimate of drug-likeness (QED) is 0.839. The van der Waals surface area contributed by atoms with E-state index in [1.807, 2.05) is 13.8 Å². The van der Waals surface area contributed by atoms with Gasteiger partial charge in [-0.2, -0.15) is 5.10 Å². The van der Waals surface area contributed by atoms with Crippen LogP contribution in [0.15, 0.2) is 12.4 Å². The lowest BCUT2D eigenvalue weighted by molar-refractivity contribution is -0.139. The van der Waals surface area contributed by atoms with Gasteiger partial charge in [0, 0.05) is 25.4 Å². The zero-order valence-electron chi connectivity index (χ0n) is 12.3. The van der Waals surface area contributed by atoms with Crippen LogP contribution in [0, 0.1) is 0 Å². The van der Waals surface area contributed by atoms with E-state index in [4.69, 9.17) is 4.74 Å². The van der Waals surface area contributed by atoms with Gasteiger partial charge in [0.15, 0.2) is 6.04 Å². The molecule has 2 heterocycles. The molecule has 0 aromatic carbocycles. The van der Waals surface area contributed by atoms with E-state index in [1.165, 1.54) is 10.9 Å². The molecule has 1 aromatic rings. The zero-order valence-corrected chi connectivity index (χ0v) is 12.3. The fourth-order valence-electron chi connectivity index (χ4n) is 2.27. The molecule has 0 spiro atoms. The molecule has 2 amide bonds. The Morgan fingerprint density at radius 2 is 2.24 bits per heavy atom. The minimum atomic E-state index is -1.12. The largest absolute Gasteiger partial charge is 0.479 e. The van der Waals surface area contributed by atoms with E-state index < -0.39 is 18.0 Å². The Kier molecular flexibility index (Phi) is 4.46. The highest BCUT2D eigenvalue weighted by atomic mass is 16.5. The van der Waals surface area contributed by atoms with Crippen LogP contribution in [0.2, 0.25) is 0 Å². The number of nitrogens with zero attached hydrogens (tertiary/aromatic N) is 3. The molecule has 8 heteroatoms. The summed E-state index contributed by atoms with van der Waals surface area (Å²) in [5.74, 6) is -1.12. The lowest BCUT2D eigenvalue weighted by atomic mass is 10.1. The summed E-state index contributed by atoms with van der Waals surface area (Å²) in [6, 6.07) is -1.62. The summed E-state index contributed by atoms with van der Waals surface area (Å²) in [6.45, 7) is 4.62. The van der Waals surface area contributed by atoms with E-state index in [1.54, 1.807) is 18.1 Å². The highest BCUT2D eigenvalue weighted by Gasteiger charge is 2.31. The molecule has 1 aromatic heterocycles. The maximum absolute atomic E-state index is 12.3. The standard InChI is InChI=1S/C13H20N4O4/c1-8-7-21-9(2)5-17(8)13(20)15-11(12(18)19)10-4-14-16(3)6-10/h4,6,8-9,11H,5,7H2,1-3H3,(H,15,20)(H,18,19). The summed E-state index contributed by atoms with van der Waals surface area (Å²) in [5.41, 5.74) is 0.437. The number of aryl methyl sites for hydroxylation is 1. The van der Waals surface area contributed by atoms with E-state index in [-0.39, 0.29) is 12.1 Å². The lowest BCUT2D eigenvalue weighted by Gasteiger charge is -2.37. The van der Waals surface area contributed by atoms with Crippen LogP contribution in [0.1, 0.15) is 25.5 Å². The average molecular weight is 296 g/mol. The van der Waals surface area contributed by atoms with Crippen molar-refractivity contribution in [3.05, 3.63) is 18.0 Å². The number of hydrogen-bond acceptors (Lipinski definition) is 4. The van der Waals surface area contributed by atoms with Gasteiger partial charge in [-0.05, 0) is 13.8 Å². The van der Waals surface area contributed by atoms with Gasteiger partial charge in [-0.25, -0.2) is 9.59 Å².